The van der Waals surface area contributed by atoms with Gasteiger partial charge in [-0.15, -0.1) is 0 Å². The van der Waals surface area contributed by atoms with Gasteiger partial charge in [-0.05, 0) is 19.8 Å². The summed E-state index contributed by atoms with van der Waals surface area (Å²) in [6.45, 7) is 1.77. The van der Waals surface area contributed by atoms with Crippen molar-refractivity contribution in [3.8, 4) is 0 Å². The molecule has 2 amide bonds. The Morgan fingerprint density at radius 3 is 2.60 bits per heavy atom. The van der Waals surface area contributed by atoms with Gasteiger partial charge in [0.1, 0.15) is 0 Å². The summed E-state index contributed by atoms with van der Waals surface area (Å²) in [5, 5.41) is 2.76. The third-order valence-electron chi connectivity index (χ3n) is 2.80. The van der Waals surface area contributed by atoms with Crippen molar-refractivity contribution >= 4 is 11.8 Å². The lowest BCUT2D eigenvalue weighted by Crippen LogP contribution is -2.43. The lowest BCUT2D eigenvalue weighted by molar-refractivity contribution is -0.126. The van der Waals surface area contributed by atoms with E-state index in [4.69, 9.17) is 11.5 Å². The molecule has 0 bridgehead atoms. The first-order valence-corrected chi connectivity index (χ1v) is 5.35. The van der Waals surface area contributed by atoms with Crippen molar-refractivity contribution in [2.24, 2.45) is 17.4 Å². The number of nitrogens with one attached hydrogen (secondary N) is 1. The molecule has 5 N–H and O–H groups in total. The van der Waals surface area contributed by atoms with Crippen molar-refractivity contribution in [3.05, 3.63) is 0 Å². The van der Waals surface area contributed by atoms with Crippen LogP contribution in [-0.4, -0.2) is 23.9 Å². The van der Waals surface area contributed by atoms with Gasteiger partial charge >= 0.3 is 0 Å². The second kappa shape index (κ2) is 5.11. The van der Waals surface area contributed by atoms with Crippen molar-refractivity contribution in [3.63, 3.8) is 0 Å². The lowest BCUT2D eigenvalue weighted by Gasteiger charge is -2.18. The highest BCUT2D eigenvalue weighted by Crippen LogP contribution is 2.24. The number of primary amides is 1. The Morgan fingerprint density at radius 2 is 2.13 bits per heavy atom. The van der Waals surface area contributed by atoms with Gasteiger partial charge in [0.15, 0.2) is 0 Å². The largest absolute Gasteiger partial charge is 0.370 e. The van der Waals surface area contributed by atoms with Crippen LogP contribution in [0.4, 0.5) is 0 Å². The highest BCUT2D eigenvalue weighted by Gasteiger charge is 2.30. The quantitative estimate of drug-likeness (QED) is 0.586. The summed E-state index contributed by atoms with van der Waals surface area (Å²) >= 11 is 0. The van der Waals surface area contributed by atoms with Crippen LogP contribution in [0.15, 0.2) is 0 Å². The maximum atomic E-state index is 11.7. The third-order valence-corrected chi connectivity index (χ3v) is 2.80. The Bertz CT molecular complexity index is 255. The fourth-order valence-corrected chi connectivity index (χ4v) is 2.02. The number of carbonyl (C=O) groups excluding carboxylic acids is 2. The predicted octanol–water partition coefficient (Wildman–Crippen LogP) is -0.506. The van der Waals surface area contributed by atoms with E-state index in [0.29, 0.717) is 0 Å². The summed E-state index contributed by atoms with van der Waals surface area (Å²) in [6.07, 6.45) is 2.93. The first-order valence-electron chi connectivity index (χ1n) is 5.35. The topological polar surface area (TPSA) is 98.2 Å². The van der Waals surface area contributed by atoms with Crippen molar-refractivity contribution in [1.29, 1.82) is 0 Å². The van der Waals surface area contributed by atoms with Crippen LogP contribution in [-0.2, 0) is 9.59 Å². The zero-order chi connectivity index (χ0) is 11.4. The van der Waals surface area contributed by atoms with E-state index in [1.165, 1.54) is 0 Å². The molecule has 0 aromatic rings. The highest BCUT2D eigenvalue weighted by atomic mass is 16.2. The molecule has 1 saturated carbocycles. The Hall–Kier alpha value is -1.10. The van der Waals surface area contributed by atoms with E-state index in [-0.39, 0.29) is 30.3 Å². The molecule has 15 heavy (non-hydrogen) atoms. The average Bonchev–Trinajstić information content (AvgIpc) is 2.49. The molecule has 1 aliphatic carbocycles. The minimum atomic E-state index is -0.404. The van der Waals surface area contributed by atoms with Crippen LogP contribution in [0.1, 0.15) is 32.6 Å². The van der Waals surface area contributed by atoms with Gasteiger partial charge in [0.05, 0.1) is 5.92 Å². The van der Waals surface area contributed by atoms with Gasteiger partial charge < -0.3 is 16.8 Å². The molecule has 0 heterocycles. The molecular weight excluding hydrogens is 194 g/mol. The van der Waals surface area contributed by atoms with E-state index in [2.05, 4.69) is 5.32 Å². The van der Waals surface area contributed by atoms with Crippen LogP contribution in [0.5, 0.6) is 0 Å². The summed E-state index contributed by atoms with van der Waals surface area (Å²) in [6, 6.07) is -0.242. The summed E-state index contributed by atoms with van der Waals surface area (Å²) in [5.41, 5.74) is 10.8. The summed E-state index contributed by atoms with van der Waals surface area (Å²) < 4.78 is 0. The smallest absolute Gasteiger partial charge is 0.224 e. The van der Waals surface area contributed by atoms with Crippen LogP contribution in [0, 0.1) is 5.92 Å². The van der Waals surface area contributed by atoms with Gasteiger partial charge in [-0.2, -0.15) is 0 Å². The molecule has 1 rings (SSSR count). The van der Waals surface area contributed by atoms with Crippen molar-refractivity contribution in [1.82, 2.24) is 5.32 Å². The standard InChI is InChI=1S/C10H19N3O2/c1-6(5-9(12)14)13-10(15)7-3-2-4-8(7)11/h6-8H,2-5,11H2,1H3,(H2,12,14)(H,13,15). The molecule has 0 aromatic heterocycles. The SMILES string of the molecule is CC(CC(N)=O)NC(=O)C1CCCC1N. The first kappa shape index (κ1) is 12.0. The van der Waals surface area contributed by atoms with Crippen molar-refractivity contribution in [2.45, 2.75) is 44.7 Å². The Labute approximate surface area is 89.6 Å². The fraction of sp³-hybridized carbons (Fsp3) is 0.800. The summed E-state index contributed by atoms with van der Waals surface area (Å²) in [7, 11) is 0. The van der Waals surface area contributed by atoms with E-state index in [1.807, 2.05) is 0 Å². The molecule has 1 aliphatic rings. The van der Waals surface area contributed by atoms with Crippen molar-refractivity contribution < 1.29 is 9.59 Å². The van der Waals surface area contributed by atoms with Gasteiger partial charge in [0.25, 0.3) is 0 Å². The zero-order valence-corrected chi connectivity index (χ0v) is 9.03. The van der Waals surface area contributed by atoms with Gasteiger partial charge in [-0.3, -0.25) is 9.59 Å². The number of nitrogens with two attached hydrogens (primary N) is 2. The fourth-order valence-electron chi connectivity index (χ4n) is 2.02. The minimum absolute atomic E-state index is 0.0363. The number of hydrogen-bond donors (Lipinski definition) is 3. The van der Waals surface area contributed by atoms with Crippen LogP contribution < -0.4 is 16.8 Å². The van der Waals surface area contributed by atoms with E-state index in [1.54, 1.807) is 6.92 Å². The number of rotatable bonds is 4. The molecule has 0 spiro atoms. The number of carbonyl (C=O) groups is 2. The van der Waals surface area contributed by atoms with Crippen LogP contribution in [0.3, 0.4) is 0 Å². The predicted molar refractivity (Wildman–Crippen MR) is 56.7 cm³/mol. The monoisotopic (exact) mass is 213 g/mol. The van der Waals surface area contributed by atoms with E-state index in [0.717, 1.165) is 19.3 Å². The number of amides is 2. The molecule has 3 atom stereocenters. The van der Waals surface area contributed by atoms with Gasteiger partial charge in [-0.1, -0.05) is 6.42 Å². The van der Waals surface area contributed by atoms with Crippen LogP contribution in [0.25, 0.3) is 0 Å². The molecular formula is C10H19N3O2. The van der Waals surface area contributed by atoms with E-state index < -0.39 is 5.91 Å². The zero-order valence-electron chi connectivity index (χ0n) is 9.03. The van der Waals surface area contributed by atoms with Crippen LogP contribution in [0.2, 0.25) is 0 Å². The molecule has 0 aromatic carbocycles. The summed E-state index contributed by atoms with van der Waals surface area (Å²) in [4.78, 5) is 22.3. The van der Waals surface area contributed by atoms with Crippen molar-refractivity contribution in [2.75, 3.05) is 0 Å². The molecule has 86 valence electrons. The van der Waals surface area contributed by atoms with E-state index in [9.17, 15) is 9.59 Å². The Balaban J connectivity index is 2.37. The molecule has 0 saturated heterocycles. The maximum Gasteiger partial charge on any atom is 0.224 e. The van der Waals surface area contributed by atoms with Crippen LogP contribution >= 0.6 is 0 Å². The van der Waals surface area contributed by atoms with Gasteiger partial charge in [0, 0.05) is 18.5 Å². The number of hydrogen-bond acceptors (Lipinski definition) is 3. The Morgan fingerprint density at radius 1 is 1.47 bits per heavy atom. The normalized spacial score (nSPS) is 27.3. The molecule has 0 radical (unpaired) electrons. The van der Waals surface area contributed by atoms with Gasteiger partial charge in [-0.25, -0.2) is 0 Å². The second-order valence-electron chi connectivity index (χ2n) is 4.28. The average molecular weight is 213 g/mol. The molecule has 5 heteroatoms. The highest BCUT2D eigenvalue weighted by molar-refractivity contribution is 5.81. The van der Waals surface area contributed by atoms with Gasteiger partial charge in [0.2, 0.25) is 11.8 Å². The summed E-state index contributed by atoms with van der Waals surface area (Å²) in [5.74, 6) is -0.549. The molecule has 1 fully saturated rings. The minimum Gasteiger partial charge on any atom is -0.370 e. The second-order valence-corrected chi connectivity index (χ2v) is 4.28. The molecule has 3 unspecified atom stereocenters. The molecule has 5 nitrogen and oxygen atoms in total. The van der Waals surface area contributed by atoms with E-state index >= 15 is 0 Å². The third kappa shape index (κ3) is 3.51. The first-order chi connectivity index (χ1) is 7.00. The Kier molecular flexibility index (Phi) is 4.08. The lowest BCUT2D eigenvalue weighted by atomic mass is 10.0. The molecule has 0 aliphatic heterocycles. The maximum absolute atomic E-state index is 11.7.